The van der Waals surface area contributed by atoms with Crippen molar-refractivity contribution in [2.24, 2.45) is 0 Å². The highest BCUT2D eigenvalue weighted by Crippen LogP contribution is 2.40. The molecule has 0 amide bonds. The third-order valence-corrected chi connectivity index (χ3v) is 2.66. The number of hydrogen-bond acceptors (Lipinski definition) is 4. The Morgan fingerprint density at radius 2 is 2.24 bits per heavy atom. The van der Waals surface area contributed by atoms with E-state index in [4.69, 9.17) is 4.74 Å². The lowest BCUT2D eigenvalue weighted by Gasteiger charge is -2.37. The first-order chi connectivity index (χ1) is 7.78. The van der Waals surface area contributed by atoms with Crippen LogP contribution in [0.3, 0.4) is 0 Å². The number of carbonyl (C=O) groups is 1. The molecule has 100 valence electrons. The molecular formula is C10H15F3O4. The summed E-state index contributed by atoms with van der Waals surface area (Å²) in [5.41, 5.74) is -2.76. The van der Waals surface area contributed by atoms with Crippen molar-refractivity contribution in [1.82, 2.24) is 0 Å². The molecule has 0 bridgehead atoms. The summed E-state index contributed by atoms with van der Waals surface area (Å²) in [6.45, 7) is 1.54. The van der Waals surface area contributed by atoms with Gasteiger partial charge in [0, 0.05) is 12.8 Å². The predicted octanol–water partition coefficient (Wildman–Crippen LogP) is 1.41. The molecule has 2 atom stereocenters. The number of rotatable bonds is 3. The number of aliphatic hydroxyl groups is 1. The molecule has 7 heteroatoms. The quantitative estimate of drug-likeness (QED) is 0.776. The molecule has 1 aliphatic rings. The van der Waals surface area contributed by atoms with Crippen molar-refractivity contribution in [2.45, 2.75) is 44.1 Å². The molecule has 0 aromatic rings. The van der Waals surface area contributed by atoms with E-state index in [1.165, 1.54) is 0 Å². The first-order valence-corrected chi connectivity index (χ1v) is 5.35. The zero-order valence-corrected chi connectivity index (χ0v) is 9.42. The van der Waals surface area contributed by atoms with Crippen LogP contribution in [-0.2, 0) is 14.3 Å². The summed E-state index contributed by atoms with van der Waals surface area (Å²) >= 11 is 0. The second kappa shape index (κ2) is 5.22. The lowest BCUT2D eigenvalue weighted by atomic mass is 9.88. The second-order valence-corrected chi connectivity index (χ2v) is 3.99. The van der Waals surface area contributed by atoms with E-state index in [1.54, 1.807) is 6.92 Å². The van der Waals surface area contributed by atoms with E-state index >= 15 is 0 Å². The Hall–Kier alpha value is -0.820. The number of carbonyl (C=O) groups excluding carboxylic acids is 1. The zero-order chi connectivity index (χ0) is 13.1. The van der Waals surface area contributed by atoms with Gasteiger partial charge in [-0.3, -0.25) is 4.79 Å². The maximum absolute atomic E-state index is 12.6. The first-order valence-electron chi connectivity index (χ1n) is 5.35. The standard InChI is InChI=1S/C10H15F3O4/c1-2-16-8(14)5-7-6-9(15,3-4-17-7)10(11,12)13/h7,15H,2-6H2,1H3. The minimum Gasteiger partial charge on any atom is -0.466 e. The van der Waals surface area contributed by atoms with Crippen molar-refractivity contribution >= 4 is 5.97 Å². The Kier molecular flexibility index (Phi) is 4.37. The molecule has 4 nitrogen and oxygen atoms in total. The van der Waals surface area contributed by atoms with Gasteiger partial charge in [-0.15, -0.1) is 0 Å². The van der Waals surface area contributed by atoms with Crippen molar-refractivity contribution in [1.29, 1.82) is 0 Å². The van der Waals surface area contributed by atoms with Gasteiger partial charge in [-0.05, 0) is 6.92 Å². The Morgan fingerprint density at radius 3 is 2.76 bits per heavy atom. The maximum Gasteiger partial charge on any atom is 0.417 e. The summed E-state index contributed by atoms with van der Waals surface area (Å²) in [7, 11) is 0. The fraction of sp³-hybridized carbons (Fsp3) is 0.900. The van der Waals surface area contributed by atoms with Crippen LogP contribution < -0.4 is 0 Å². The SMILES string of the molecule is CCOC(=O)CC1CC(O)(C(F)(F)F)CCO1. The van der Waals surface area contributed by atoms with Crippen LogP contribution >= 0.6 is 0 Å². The molecule has 1 fully saturated rings. The van der Waals surface area contributed by atoms with Gasteiger partial charge in [0.1, 0.15) is 0 Å². The van der Waals surface area contributed by atoms with E-state index in [0.717, 1.165) is 0 Å². The van der Waals surface area contributed by atoms with Gasteiger partial charge >= 0.3 is 12.1 Å². The van der Waals surface area contributed by atoms with Gasteiger partial charge in [-0.25, -0.2) is 0 Å². The third-order valence-electron chi connectivity index (χ3n) is 2.66. The number of halogens is 3. The average molecular weight is 256 g/mol. The van der Waals surface area contributed by atoms with Crippen LogP contribution in [0.2, 0.25) is 0 Å². The number of alkyl halides is 3. The predicted molar refractivity (Wildman–Crippen MR) is 51.2 cm³/mol. The van der Waals surface area contributed by atoms with Gasteiger partial charge in [0.05, 0.1) is 25.7 Å². The molecule has 1 heterocycles. The van der Waals surface area contributed by atoms with E-state index < -0.39 is 36.7 Å². The van der Waals surface area contributed by atoms with Gasteiger partial charge in [-0.1, -0.05) is 0 Å². The van der Waals surface area contributed by atoms with E-state index in [-0.39, 0.29) is 19.6 Å². The van der Waals surface area contributed by atoms with Crippen LogP contribution in [0, 0.1) is 0 Å². The van der Waals surface area contributed by atoms with Crippen LogP contribution in [0.15, 0.2) is 0 Å². The van der Waals surface area contributed by atoms with Crippen LogP contribution in [0.1, 0.15) is 26.2 Å². The van der Waals surface area contributed by atoms with E-state index in [1.807, 2.05) is 0 Å². The van der Waals surface area contributed by atoms with Crippen molar-refractivity contribution < 1.29 is 32.5 Å². The molecule has 1 aliphatic heterocycles. The third kappa shape index (κ3) is 3.57. The van der Waals surface area contributed by atoms with Gasteiger partial charge in [0.15, 0.2) is 5.60 Å². The van der Waals surface area contributed by atoms with Gasteiger partial charge < -0.3 is 14.6 Å². The Balaban J connectivity index is 2.58. The summed E-state index contributed by atoms with van der Waals surface area (Å²) in [5.74, 6) is -0.621. The molecule has 0 aromatic heterocycles. The second-order valence-electron chi connectivity index (χ2n) is 3.99. The van der Waals surface area contributed by atoms with Crippen LogP contribution in [0.4, 0.5) is 13.2 Å². The maximum atomic E-state index is 12.6. The Labute approximate surface area is 96.7 Å². The highest BCUT2D eigenvalue weighted by molar-refractivity contribution is 5.69. The van der Waals surface area contributed by atoms with Crippen LogP contribution in [0.5, 0.6) is 0 Å². The number of hydrogen-bond donors (Lipinski definition) is 1. The molecule has 0 saturated carbocycles. The molecule has 2 unspecified atom stereocenters. The average Bonchev–Trinajstić information content (AvgIpc) is 2.16. The summed E-state index contributed by atoms with van der Waals surface area (Å²) in [6.07, 6.45) is -7.06. The van der Waals surface area contributed by atoms with Crippen molar-refractivity contribution in [2.75, 3.05) is 13.2 Å². The molecule has 0 aliphatic carbocycles. The summed E-state index contributed by atoms with van der Waals surface area (Å²) in [6, 6.07) is 0. The lowest BCUT2D eigenvalue weighted by Crippen LogP contribution is -2.52. The summed E-state index contributed by atoms with van der Waals surface area (Å²) in [5, 5.41) is 9.46. The van der Waals surface area contributed by atoms with Gasteiger partial charge in [0.25, 0.3) is 0 Å². The molecule has 1 N–H and O–H groups in total. The first kappa shape index (κ1) is 14.2. The fourth-order valence-corrected chi connectivity index (χ4v) is 1.73. The Morgan fingerprint density at radius 1 is 1.59 bits per heavy atom. The lowest BCUT2D eigenvalue weighted by molar-refractivity contribution is -0.288. The summed E-state index contributed by atoms with van der Waals surface area (Å²) in [4.78, 5) is 11.1. The molecule has 1 rings (SSSR count). The minimum absolute atomic E-state index is 0.162. The molecular weight excluding hydrogens is 241 g/mol. The Bertz CT molecular complexity index is 279. The fourth-order valence-electron chi connectivity index (χ4n) is 1.73. The molecule has 0 spiro atoms. The monoisotopic (exact) mass is 256 g/mol. The van der Waals surface area contributed by atoms with Gasteiger partial charge in [-0.2, -0.15) is 13.2 Å². The van der Waals surface area contributed by atoms with Crippen molar-refractivity contribution in [3.05, 3.63) is 0 Å². The number of esters is 1. The van der Waals surface area contributed by atoms with E-state index in [9.17, 15) is 23.1 Å². The van der Waals surface area contributed by atoms with Crippen LogP contribution in [0.25, 0.3) is 0 Å². The highest BCUT2D eigenvalue weighted by Gasteiger charge is 2.56. The molecule has 0 aromatic carbocycles. The van der Waals surface area contributed by atoms with Gasteiger partial charge in [0.2, 0.25) is 0 Å². The van der Waals surface area contributed by atoms with E-state index in [0.29, 0.717) is 0 Å². The molecule has 1 saturated heterocycles. The highest BCUT2D eigenvalue weighted by atomic mass is 19.4. The van der Waals surface area contributed by atoms with E-state index in [2.05, 4.69) is 4.74 Å². The minimum atomic E-state index is -4.70. The smallest absolute Gasteiger partial charge is 0.417 e. The molecule has 0 radical (unpaired) electrons. The zero-order valence-electron chi connectivity index (χ0n) is 9.42. The van der Waals surface area contributed by atoms with Crippen molar-refractivity contribution in [3.8, 4) is 0 Å². The van der Waals surface area contributed by atoms with Crippen LogP contribution in [-0.4, -0.2) is 42.2 Å². The topological polar surface area (TPSA) is 55.8 Å². The normalized spacial score (nSPS) is 30.1. The van der Waals surface area contributed by atoms with Crippen molar-refractivity contribution in [3.63, 3.8) is 0 Å². The molecule has 17 heavy (non-hydrogen) atoms. The largest absolute Gasteiger partial charge is 0.466 e. The number of ether oxygens (including phenoxy) is 2. The summed E-state index contributed by atoms with van der Waals surface area (Å²) < 4.78 is 47.3.